The van der Waals surface area contributed by atoms with Gasteiger partial charge in [0.05, 0.1) is 6.10 Å². The Labute approximate surface area is 221 Å². The topological polar surface area (TPSA) is 134 Å². The van der Waals surface area contributed by atoms with E-state index in [1.807, 2.05) is 24.3 Å². The molecule has 9 nitrogen and oxygen atoms in total. The van der Waals surface area contributed by atoms with Gasteiger partial charge in [0.2, 0.25) is 11.8 Å². The number of amides is 3. The number of carbonyl (C=O) groups is 3. The molecule has 3 atom stereocenters. The van der Waals surface area contributed by atoms with Gasteiger partial charge in [0, 0.05) is 19.0 Å². The van der Waals surface area contributed by atoms with E-state index in [2.05, 4.69) is 10.7 Å². The summed E-state index contributed by atoms with van der Waals surface area (Å²) in [6.07, 6.45) is 3.77. The normalized spacial score (nSPS) is 21.3. The first-order valence-electron chi connectivity index (χ1n) is 13.1. The molecule has 1 heterocycles. The second-order valence-electron chi connectivity index (χ2n) is 10.0. The number of piperidine rings is 1. The fraction of sp³-hybridized carbons (Fsp3) is 0.464. The fourth-order valence-corrected chi connectivity index (χ4v) is 5.22. The van der Waals surface area contributed by atoms with E-state index in [0.717, 1.165) is 30.4 Å². The molecule has 5 N–H and O–H groups in total. The van der Waals surface area contributed by atoms with Crippen molar-refractivity contribution in [2.45, 2.75) is 63.2 Å². The molecule has 0 aromatic heterocycles. The van der Waals surface area contributed by atoms with Crippen LogP contribution in [0.5, 0.6) is 0 Å². The van der Waals surface area contributed by atoms with Crippen molar-refractivity contribution in [1.82, 2.24) is 15.8 Å². The van der Waals surface area contributed by atoms with Crippen LogP contribution in [0.1, 0.15) is 67.2 Å². The Morgan fingerprint density at radius 1 is 1.00 bits per heavy atom. The number of aliphatic hydroxyl groups excluding tert-OH is 1. The van der Waals surface area contributed by atoms with E-state index in [1.165, 1.54) is 24.3 Å². The SMILES string of the molecule is NC(=O)[C@@H](NC(=O)[C@@H]1CCCC[C@H]1c1ccc(COC(=O)NN2CCC(O)CC2)cc1)c1ccc(F)cc1. The quantitative estimate of drug-likeness (QED) is 0.418. The molecule has 3 amide bonds. The first-order chi connectivity index (χ1) is 18.3. The lowest BCUT2D eigenvalue weighted by molar-refractivity contribution is -0.131. The summed E-state index contributed by atoms with van der Waals surface area (Å²) < 4.78 is 18.7. The van der Waals surface area contributed by atoms with Crippen molar-refractivity contribution in [2.75, 3.05) is 13.1 Å². The number of halogens is 1. The molecule has 2 aromatic carbocycles. The molecule has 0 spiro atoms. The van der Waals surface area contributed by atoms with E-state index in [9.17, 15) is 23.9 Å². The zero-order valence-electron chi connectivity index (χ0n) is 21.3. The molecular formula is C28H35FN4O5. The van der Waals surface area contributed by atoms with Gasteiger partial charge in [-0.2, -0.15) is 0 Å². The summed E-state index contributed by atoms with van der Waals surface area (Å²) in [5.74, 6) is -1.76. The van der Waals surface area contributed by atoms with E-state index in [0.29, 0.717) is 37.9 Å². The lowest BCUT2D eigenvalue weighted by Gasteiger charge is -2.32. The smallest absolute Gasteiger partial charge is 0.422 e. The minimum absolute atomic E-state index is 0.0294. The molecule has 2 aromatic rings. The zero-order valence-corrected chi connectivity index (χ0v) is 21.3. The van der Waals surface area contributed by atoms with Gasteiger partial charge in [0.1, 0.15) is 18.5 Å². The number of aliphatic hydroxyl groups is 1. The van der Waals surface area contributed by atoms with Gasteiger partial charge in [-0.1, -0.05) is 49.2 Å². The Morgan fingerprint density at radius 2 is 1.66 bits per heavy atom. The average Bonchev–Trinajstić information content (AvgIpc) is 2.92. The van der Waals surface area contributed by atoms with Crippen LogP contribution in [0.4, 0.5) is 9.18 Å². The Bertz CT molecular complexity index is 1100. The van der Waals surface area contributed by atoms with Gasteiger partial charge in [-0.25, -0.2) is 14.2 Å². The molecule has 1 aliphatic heterocycles. The minimum atomic E-state index is -1.04. The number of nitrogens with zero attached hydrogens (tertiary/aromatic N) is 1. The van der Waals surface area contributed by atoms with Crippen molar-refractivity contribution in [3.8, 4) is 0 Å². The number of carbonyl (C=O) groups excluding carboxylic acids is 3. The zero-order chi connectivity index (χ0) is 27.1. The Balaban J connectivity index is 1.34. The molecule has 1 aliphatic carbocycles. The van der Waals surface area contributed by atoms with Crippen molar-refractivity contribution in [2.24, 2.45) is 11.7 Å². The van der Waals surface area contributed by atoms with Crippen LogP contribution in [0.25, 0.3) is 0 Å². The molecule has 1 saturated carbocycles. The highest BCUT2D eigenvalue weighted by Crippen LogP contribution is 2.38. The van der Waals surface area contributed by atoms with Crippen molar-refractivity contribution in [3.05, 3.63) is 71.0 Å². The molecular weight excluding hydrogens is 491 g/mol. The van der Waals surface area contributed by atoms with Crippen LogP contribution >= 0.6 is 0 Å². The summed E-state index contributed by atoms with van der Waals surface area (Å²) in [5.41, 5.74) is 10.5. The van der Waals surface area contributed by atoms with Gasteiger partial charge in [-0.3, -0.25) is 15.0 Å². The molecule has 38 heavy (non-hydrogen) atoms. The van der Waals surface area contributed by atoms with Crippen molar-refractivity contribution in [1.29, 1.82) is 0 Å². The minimum Gasteiger partial charge on any atom is -0.444 e. The summed E-state index contributed by atoms with van der Waals surface area (Å²) in [5, 5.41) is 14.1. The van der Waals surface area contributed by atoms with Crippen LogP contribution in [0.15, 0.2) is 48.5 Å². The Morgan fingerprint density at radius 3 is 2.32 bits per heavy atom. The highest BCUT2D eigenvalue weighted by atomic mass is 19.1. The van der Waals surface area contributed by atoms with Crippen LogP contribution in [-0.4, -0.2) is 47.2 Å². The third-order valence-corrected chi connectivity index (χ3v) is 7.37. The largest absolute Gasteiger partial charge is 0.444 e. The molecule has 4 rings (SSSR count). The summed E-state index contributed by atoms with van der Waals surface area (Å²) >= 11 is 0. The predicted molar refractivity (Wildman–Crippen MR) is 138 cm³/mol. The lowest BCUT2D eigenvalue weighted by Crippen LogP contribution is -2.47. The van der Waals surface area contributed by atoms with Gasteiger partial charge in [-0.05, 0) is 60.4 Å². The second-order valence-corrected chi connectivity index (χ2v) is 10.0. The van der Waals surface area contributed by atoms with Gasteiger partial charge in [0.15, 0.2) is 0 Å². The lowest BCUT2D eigenvalue weighted by atomic mass is 9.74. The predicted octanol–water partition coefficient (Wildman–Crippen LogP) is 3.04. The maximum absolute atomic E-state index is 13.3. The number of ether oxygens (including phenoxy) is 1. The summed E-state index contributed by atoms with van der Waals surface area (Å²) in [4.78, 5) is 37.5. The maximum atomic E-state index is 13.3. The highest BCUT2D eigenvalue weighted by molar-refractivity contribution is 5.89. The maximum Gasteiger partial charge on any atom is 0.422 e. The number of hydrazine groups is 1. The molecule has 10 heteroatoms. The number of hydrogen-bond acceptors (Lipinski definition) is 6. The Hall–Kier alpha value is -3.50. The van der Waals surface area contributed by atoms with Gasteiger partial charge in [-0.15, -0.1) is 0 Å². The third-order valence-electron chi connectivity index (χ3n) is 7.37. The number of nitrogens with two attached hydrogens (primary N) is 1. The Kier molecular flexibility index (Phi) is 9.30. The van der Waals surface area contributed by atoms with Crippen molar-refractivity contribution < 1.29 is 28.6 Å². The first-order valence-corrected chi connectivity index (χ1v) is 13.1. The number of primary amides is 1. The monoisotopic (exact) mass is 526 g/mol. The van der Waals surface area contributed by atoms with Crippen LogP contribution in [-0.2, 0) is 20.9 Å². The number of benzene rings is 2. The van der Waals surface area contributed by atoms with E-state index in [4.69, 9.17) is 10.5 Å². The number of hydrogen-bond donors (Lipinski definition) is 4. The van der Waals surface area contributed by atoms with E-state index in [1.54, 1.807) is 5.01 Å². The molecule has 0 bridgehead atoms. The van der Waals surface area contributed by atoms with Crippen LogP contribution < -0.4 is 16.5 Å². The summed E-state index contributed by atoms with van der Waals surface area (Å²) in [7, 11) is 0. The molecule has 204 valence electrons. The third kappa shape index (κ3) is 7.29. The first kappa shape index (κ1) is 27.5. The number of rotatable bonds is 8. The van der Waals surface area contributed by atoms with E-state index < -0.39 is 23.9 Å². The molecule has 0 unspecified atom stereocenters. The van der Waals surface area contributed by atoms with Crippen LogP contribution in [0, 0.1) is 11.7 Å². The van der Waals surface area contributed by atoms with Gasteiger partial charge in [0.25, 0.3) is 0 Å². The molecule has 0 radical (unpaired) electrons. The van der Waals surface area contributed by atoms with E-state index >= 15 is 0 Å². The summed E-state index contributed by atoms with van der Waals surface area (Å²) in [6, 6.07) is 12.0. The van der Waals surface area contributed by atoms with E-state index in [-0.39, 0.29) is 30.5 Å². The molecule has 2 aliphatic rings. The summed E-state index contributed by atoms with van der Waals surface area (Å²) in [6.45, 7) is 1.26. The van der Waals surface area contributed by atoms with Crippen LogP contribution in [0.2, 0.25) is 0 Å². The van der Waals surface area contributed by atoms with Gasteiger partial charge < -0.3 is 20.9 Å². The van der Waals surface area contributed by atoms with Crippen molar-refractivity contribution >= 4 is 17.9 Å². The average molecular weight is 527 g/mol. The molecule has 1 saturated heterocycles. The fourth-order valence-electron chi connectivity index (χ4n) is 5.22. The molecule has 2 fully saturated rings. The second kappa shape index (κ2) is 12.8. The van der Waals surface area contributed by atoms with Crippen molar-refractivity contribution in [3.63, 3.8) is 0 Å². The number of nitrogens with one attached hydrogen (secondary N) is 2. The van der Waals surface area contributed by atoms with Crippen LogP contribution in [0.3, 0.4) is 0 Å². The van der Waals surface area contributed by atoms with Gasteiger partial charge >= 0.3 is 6.09 Å². The highest BCUT2D eigenvalue weighted by Gasteiger charge is 2.34. The standard InChI is InChI=1S/C28H35FN4O5/c29-21-11-9-20(10-12-21)25(26(30)35)31-27(36)24-4-2-1-3-23(24)19-7-5-18(6-8-19)17-38-28(37)32-33-15-13-22(34)14-16-33/h5-12,22-25,34H,1-4,13-17H2,(H2,30,35)(H,31,36)(H,32,37)/t23-,24+,25-/m0/s1.